The third-order valence-electron chi connectivity index (χ3n) is 5.83. The number of hydrogen-bond donors (Lipinski definition) is 0. The highest BCUT2D eigenvalue weighted by atomic mass is 16.5. The van der Waals surface area contributed by atoms with Gasteiger partial charge in [0, 0.05) is 23.6 Å². The molecule has 0 unspecified atom stereocenters. The van der Waals surface area contributed by atoms with Crippen LogP contribution in [0.15, 0.2) is 45.6 Å². The van der Waals surface area contributed by atoms with Gasteiger partial charge in [0.15, 0.2) is 0 Å². The van der Waals surface area contributed by atoms with Crippen LogP contribution >= 0.6 is 0 Å². The van der Waals surface area contributed by atoms with Crippen molar-refractivity contribution < 1.29 is 23.5 Å². The van der Waals surface area contributed by atoms with Crippen LogP contribution in [0.5, 0.6) is 0 Å². The smallest absolute Gasteiger partial charge is 0.336 e. The van der Waals surface area contributed by atoms with E-state index in [2.05, 4.69) is 0 Å². The second-order valence-corrected chi connectivity index (χ2v) is 7.67. The standard InChI is InChI=1S/C23H23NO6/c1-2-14-7-8-16-15(12-21(26)30-19(16)11-14)13-29-20(25)9-10-24-22(27)17-5-3-4-6-18(17)23(24)28/h3-4,7-8,11-12,17-18H,2,5-6,9-10,13H2,1H3/t17-,18-/m0/s1. The molecule has 7 heteroatoms. The number of nitrogens with zero attached hydrogens (tertiary/aromatic N) is 1. The lowest BCUT2D eigenvalue weighted by atomic mass is 9.85. The van der Waals surface area contributed by atoms with Gasteiger partial charge in [0.1, 0.15) is 12.2 Å². The van der Waals surface area contributed by atoms with E-state index in [4.69, 9.17) is 9.15 Å². The zero-order chi connectivity index (χ0) is 21.3. The number of imide groups is 1. The number of hydrogen-bond acceptors (Lipinski definition) is 6. The quantitative estimate of drug-likeness (QED) is 0.315. The summed E-state index contributed by atoms with van der Waals surface area (Å²) in [4.78, 5) is 50.2. The van der Waals surface area contributed by atoms with Crippen LogP contribution in [-0.4, -0.2) is 29.2 Å². The maximum atomic E-state index is 12.5. The molecule has 0 spiro atoms. The van der Waals surface area contributed by atoms with Gasteiger partial charge in [-0.3, -0.25) is 19.3 Å². The molecular formula is C23H23NO6. The van der Waals surface area contributed by atoms with Crippen molar-refractivity contribution in [1.29, 1.82) is 0 Å². The summed E-state index contributed by atoms with van der Waals surface area (Å²) in [6.45, 7) is 1.94. The Balaban J connectivity index is 1.38. The van der Waals surface area contributed by atoms with Gasteiger partial charge in [0.2, 0.25) is 11.8 Å². The number of aryl methyl sites for hydroxylation is 1. The molecule has 156 valence electrons. The lowest BCUT2D eigenvalue weighted by molar-refractivity contribution is -0.146. The first-order valence-corrected chi connectivity index (χ1v) is 10.2. The van der Waals surface area contributed by atoms with Crippen molar-refractivity contribution >= 4 is 28.8 Å². The Kier molecular flexibility index (Phi) is 5.53. The molecule has 7 nitrogen and oxygen atoms in total. The fourth-order valence-electron chi connectivity index (χ4n) is 4.14. The van der Waals surface area contributed by atoms with Crippen molar-refractivity contribution in [2.45, 2.75) is 39.2 Å². The summed E-state index contributed by atoms with van der Waals surface area (Å²) in [6, 6.07) is 6.90. The van der Waals surface area contributed by atoms with Crippen LogP contribution in [0, 0.1) is 11.8 Å². The van der Waals surface area contributed by atoms with E-state index in [1.54, 1.807) is 6.07 Å². The number of amides is 2. The van der Waals surface area contributed by atoms with E-state index in [1.165, 1.54) is 11.0 Å². The van der Waals surface area contributed by atoms with Gasteiger partial charge in [-0.2, -0.15) is 0 Å². The Morgan fingerprint density at radius 3 is 2.47 bits per heavy atom. The van der Waals surface area contributed by atoms with E-state index in [1.807, 2.05) is 31.2 Å². The first-order chi connectivity index (χ1) is 14.5. The van der Waals surface area contributed by atoms with E-state index in [0.29, 0.717) is 29.4 Å². The third kappa shape index (κ3) is 3.79. The molecule has 2 aliphatic rings. The normalized spacial score (nSPS) is 20.6. The van der Waals surface area contributed by atoms with Crippen LogP contribution < -0.4 is 5.63 Å². The number of rotatable bonds is 6. The minimum atomic E-state index is -0.532. The number of carbonyl (C=O) groups is 3. The first-order valence-electron chi connectivity index (χ1n) is 10.2. The highest BCUT2D eigenvalue weighted by Crippen LogP contribution is 2.35. The molecule has 4 rings (SSSR count). The number of fused-ring (bicyclic) bond motifs is 2. The topological polar surface area (TPSA) is 93.9 Å². The van der Waals surface area contributed by atoms with Gasteiger partial charge >= 0.3 is 11.6 Å². The molecule has 0 saturated carbocycles. The number of ether oxygens (including phenoxy) is 1. The summed E-state index contributed by atoms with van der Waals surface area (Å²) in [5.74, 6) is -1.56. The number of carbonyl (C=O) groups excluding carboxylic acids is 3. The second kappa shape index (κ2) is 8.26. The van der Waals surface area contributed by atoms with Crippen LogP contribution in [0.25, 0.3) is 11.0 Å². The molecular weight excluding hydrogens is 386 g/mol. The van der Waals surface area contributed by atoms with Crippen LogP contribution in [0.1, 0.15) is 37.3 Å². The van der Waals surface area contributed by atoms with E-state index in [0.717, 1.165) is 12.0 Å². The molecule has 2 heterocycles. The van der Waals surface area contributed by atoms with Crippen LogP contribution in [0.4, 0.5) is 0 Å². The van der Waals surface area contributed by atoms with Gasteiger partial charge in [0.25, 0.3) is 0 Å². The maximum Gasteiger partial charge on any atom is 0.336 e. The highest BCUT2D eigenvalue weighted by Gasteiger charge is 2.46. The number of likely N-dealkylation sites (tertiary alicyclic amines) is 1. The molecule has 2 atom stereocenters. The molecule has 30 heavy (non-hydrogen) atoms. The Labute approximate surface area is 173 Å². The first kappa shape index (κ1) is 20.1. The second-order valence-electron chi connectivity index (χ2n) is 7.67. The average Bonchev–Trinajstić information content (AvgIpc) is 3.00. The van der Waals surface area contributed by atoms with Crippen LogP contribution in [0.3, 0.4) is 0 Å². The SMILES string of the molecule is CCc1ccc2c(COC(=O)CCN3C(=O)[C@H]4CC=CC[C@@H]4C3=O)cc(=O)oc2c1. The molecule has 1 aliphatic carbocycles. The molecule has 1 aromatic heterocycles. The highest BCUT2D eigenvalue weighted by molar-refractivity contribution is 6.05. The summed E-state index contributed by atoms with van der Waals surface area (Å²) in [5.41, 5.74) is 1.54. The fourth-order valence-corrected chi connectivity index (χ4v) is 4.14. The van der Waals surface area contributed by atoms with Crippen LogP contribution in [-0.2, 0) is 32.1 Å². The summed E-state index contributed by atoms with van der Waals surface area (Å²) >= 11 is 0. The number of esters is 1. The van der Waals surface area contributed by atoms with Crippen LogP contribution in [0.2, 0.25) is 0 Å². The Hall–Kier alpha value is -3.22. The molecule has 2 amide bonds. The Bertz CT molecular complexity index is 1070. The largest absolute Gasteiger partial charge is 0.461 e. The van der Waals surface area contributed by atoms with Gasteiger partial charge < -0.3 is 9.15 Å². The molecule has 2 aromatic rings. The molecule has 0 N–H and O–H groups in total. The summed E-state index contributed by atoms with van der Waals surface area (Å²) in [6.07, 6.45) is 5.72. The molecule has 1 saturated heterocycles. The summed E-state index contributed by atoms with van der Waals surface area (Å²) in [5, 5.41) is 0.709. The minimum Gasteiger partial charge on any atom is -0.461 e. The molecule has 1 fully saturated rings. The monoisotopic (exact) mass is 409 g/mol. The minimum absolute atomic E-state index is 0.0149. The van der Waals surface area contributed by atoms with Gasteiger partial charge in [-0.05, 0) is 30.9 Å². The number of benzene rings is 1. The molecule has 0 radical (unpaired) electrons. The lowest BCUT2D eigenvalue weighted by Crippen LogP contribution is -2.33. The van der Waals surface area contributed by atoms with Crippen molar-refractivity contribution in [3.05, 3.63) is 58.0 Å². The fraction of sp³-hybridized carbons (Fsp3) is 0.391. The van der Waals surface area contributed by atoms with Crippen molar-refractivity contribution in [3.8, 4) is 0 Å². The molecule has 1 aromatic carbocycles. The van der Waals surface area contributed by atoms with E-state index in [9.17, 15) is 19.2 Å². The van der Waals surface area contributed by atoms with E-state index in [-0.39, 0.29) is 43.2 Å². The van der Waals surface area contributed by atoms with Gasteiger partial charge in [-0.1, -0.05) is 31.2 Å². The van der Waals surface area contributed by atoms with Crippen molar-refractivity contribution in [2.24, 2.45) is 11.8 Å². The van der Waals surface area contributed by atoms with Gasteiger partial charge in [-0.15, -0.1) is 0 Å². The molecule has 0 bridgehead atoms. The third-order valence-corrected chi connectivity index (χ3v) is 5.83. The average molecular weight is 409 g/mol. The number of allylic oxidation sites excluding steroid dienone is 2. The summed E-state index contributed by atoms with van der Waals surface area (Å²) in [7, 11) is 0. The van der Waals surface area contributed by atoms with Gasteiger partial charge in [0.05, 0.1) is 18.3 Å². The Morgan fingerprint density at radius 1 is 1.10 bits per heavy atom. The predicted octanol–water partition coefficient (Wildman–Crippen LogP) is 2.74. The van der Waals surface area contributed by atoms with E-state index >= 15 is 0 Å². The molecule has 1 aliphatic heterocycles. The zero-order valence-corrected chi connectivity index (χ0v) is 16.8. The van der Waals surface area contributed by atoms with Crippen molar-refractivity contribution in [2.75, 3.05) is 6.54 Å². The predicted molar refractivity (Wildman–Crippen MR) is 108 cm³/mol. The Morgan fingerprint density at radius 2 is 1.80 bits per heavy atom. The zero-order valence-electron chi connectivity index (χ0n) is 16.8. The maximum absolute atomic E-state index is 12.5. The van der Waals surface area contributed by atoms with Crippen molar-refractivity contribution in [1.82, 2.24) is 4.90 Å². The summed E-state index contributed by atoms with van der Waals surface area (Å²) < 4.78 is 10.6. The van der Waals surface area contributed by atoms with Gasteiger partial charge in [-0.25, -0.2) is 4.79 Å². The van der Waals surface area contributed by atoms with Crippen molar-refractivity contribution in [3.63, 3.8) is 0 Å². The lowest BCUT2D eigenvalue weighted by Gasteiger charge is -2.14. The van der Waals surface area contributed by atoms with E-state index < -0.39 is 11.6 Å².